The minimum Gasteiger partial charge on any atom is -0.399 e. The van der Waals surface area contributed by atoms with Crippen molar-refractivity contribution in [2.75, 3.05) is 0 Å². The number of halogens is 1. The molecule has 8 saturated carbocycles. The van der Waals surface area contributed by atoms with Gasteiger partial charge in [0, 0.05) is 4.47 Å². The second-order valence-corrected chi connectivity index (χ2v) is 45.3. The van der Waals surface area contributed by atoms with Crippen molar-refractivity contribution < 1.29 is 9.31 Å². The van der Waals surface area contributed by atoms with Crippen molar-refractivity contribution in [3.05, 3.63) is 270 Å². The van der Waals surface area contributed by atoms with E-state index in [4.69, 9.17) is 9.31 Å². The van der Waals surface area contributed by atoms with Gasteiger partial charge in [0.25, 0.3) is 0 Å². The number of hydrogen-bond donors (Lipinski definition) is 0. The summed E-state index contributed by atoms with van der Waals surface area (Å²) in [6, 6.07) is 93.4. The van der Waals surface area contributed by atoms with Crippen molar-refractivity contribution in [1.29, 1.82) is 0 Å². The summed E-state index contributed by atoms with van der Waals surface area (Å²) in [7, 11) is -0.260. The van der Waals surface area contributed by atoms with E-state index in [0.717, 1.165) is 92.8 Å². The Kier molecular flexibility index (Phi) is 26.7. The molecule has 2 unspecified atom stereocenters. The molecule has 0 bridgehead atoms. The van der Waals surface area contributed by atoms with Gasteiger partial charge in [-0.2, -0.15) is 0 Å². The molecule has 1 saturated heterocycles. The Hall–Kier alpha value is -7.34. The summed E-state index contributed by atoms with van der Waals surface area (Å²) in [5, 5.41) is 0. The van der Waals surface area contributed by atoms with Gasteiger partial charge in [-0.05, 0) is 409 Å². The Bertz CT molecular complexity index is 5050. The maximum absolute atomic E-state index is 6.33. The van der Waals surface area contributed by atoms with Gasteiger partial charge in [0.05, 0.1) is 11.2 Å². The van der Waals surface area contributed by atoms with Crippen LogP contribution in [0.5, 0.6) is 0 Å². The Balaban J connectivity index is 0.000000142. The summed E-state index contributed by atoms with van der Waals surface area (Å²) >= 11 is 3.59. The Labute approximate surface area is 759 Å². The normalized spacial score (nSPS) is 29.9. The molecule has 8 aliphatic carbocycles. The average molecular weight is 1710 g/mol. The van der Waals surface area contributed by atoms with E-state index in [1.165, 1.54) is 232 Å². The number of benzene rings is 10. The second kappa shape index (κ2) is 37.4. The maximum atomic E-state index is 6.33. The van der Waals surface area contributed by atoms with Crippen molar-refractivity contribution in [1.82, 2.24) is 0 Å². The lowest BCUT2D eigenvalue weighted by molar-refractivity contribution is -0.117. The molecule has 9 aliphatic rings. The van der Waals surface area contributed by atoms with Crippen molar-refractivity contribution >= 4 is 28.5 Å². The van der Waals surface area contributed by atoms with Crippen LogP contribution in [-0.4, -0.2) is 18.3 Å². The summed E-state index contributed by atoms with van der Waals surface area (Å²) in [5.41, 5.74) is 23.5. The lowest BCUT2D eigenvalue weighted by Gasteiger charge is -2.61. The van der Waals surface area contributed by atoms with Gasteiger partial charge >= 0.3 is 7.12 Å². The Morgan fingerprint density at radius 3 is 0.992 bits per heavy atom. The van der Waals surface area contributed by atoms with Crippen LogP contribution in [0, 0.1) is 105 Å². The molecule has 0 spiro atoms. The van der Waals surface area contributed by atoms with Gasteiger partial charge in [-0.1, -0.05) is 324 Å². The molecule has 1 aliphatic heterocycles. The van der Waals surface area contributed by atoms with Crippen molar-refractivity contribution in [3.63, 3.8) is 0 Å². The van der Waals surface area contributed by atoms with Crippen LogP contribution < -0.4 is 5.46 Å². The largest absolute Gasteiger partial charge is 0.494 e. The minimum atomic E-state index is -0.287. The monoisotopic (exact) mass is 1710 g/mol. The van der Waals surface area contributed by atoms with E-state index in [0.29, 0.717) is 33.5 Å². The molecule has 0 N–H and O–H groups in total. The van der Waals surface area contributed by atoms with Crippen LogP contribution >= 0.6 is 15.9 Å². The van der Waals surface area contributed by atoms with Gasteiger partial charge in [0.1, 0.15) is 0 Å². The van der Waals surface area contributed by atoms with Crippen molar-refractivity contribution in [2.45, 2.75) is 274 Å². The fourth-order valence-corrected chi connectivity index (χ4v) is 28.7. The fourth-order valence-electron chi connectivity index (χ4n) is 28.3. The van der Waals surface area contributed by atoms with Gasteiger partial charge in [-0.3, -0.25) is 0 Å². The fraction of sp³-hybridized carbons (Fsp3) is 0.500. The first-order chi connectivity index (χ1) is 59.7. The summed E-state index contributed by atoms with van der Waals surface area (Å²) in [6.45, 7) is 34.4. The van der Waals surface area contributed by atoms with Crippen LogP contribution in [0.2, 0.25) is 0 Å². The minimum absolute atomic E-state index is 0.260. The topological polar surface area (TPSA) is 18.5 Å². The summed E-state index contributed by atoms with van der Waals surface area (Å²) < 4.78 is 13.8. The first kappa shape index (κ1) is 88.7. The van der Waals surface area contributed by atoms with Gasteiger partial charge < -0.3 is 9.31 Å². The third-order valence-electron chi connectivity index (χ3n) is 36.0. The van der Waals surface area contributed by atoms with Crippen LogP contribution in [0.3, 0.4) is 0 Å². The molecule has 9 fully saturated rings. The van der Waals surface area contributed by atoms with Crippen LogP contribution in [0.25, 0.3) is 77.9 Å². The molecule has 18 atom stereocenters. The molecule has 10 aromatic rings. The number of hydrogen-bond acceptors (Lipinski definition) is 2. The lowest BCUT2D eigenvalue weighted by atomic mass is 9.43. The van der Waals surface area contributed by atoms with E-state index in [-0.39, 0.29) is 18.3 Å². The summed E-state index contributed by atoms with van der Waals surface area (Å²) in [4.78, 5) is 0. The summed E-state index contributed by atoms with van der Waals surface area (Å²) in [6.07, 6.45) is 35.0. The first-order valence-electron chi connectivity index (χ1n) is 49.7. The van der Waals surface area contributed by atoms with Gasteiger partial charge in [0.2, 0.25) is 0 Å². The van der Waals surface area contributed by atoms with Gasteiger partial charge in [0.15, 0.2) is 0 Å². The highest BCUT2D eigenvalue weighted by atomic mass is 79.9. The van der Waals surface area contributed by atoms with Crippen LogP contribution in [0.4, 0.5) is 0 Å². The molecule has 10 aromatic carbocycles. The highest BCUT2D eigenvalue weighted by molar-refractivity contribution is 9.10. The van der Waals surface area contributed by atoms with E-state index in [1.54, 1.807) is 11.1 Å². The molecule has 0 aromatic heterocycles. The second-order valence-electron chi connectivity index (χ2n) is 44.3. The smallest absolute Gasteiger partial charge is 0.399 e. The van der Waals surface area contributed by atoms with Crippen molar-refractivity contribution in [2.24, 2.45) is 105 Å². The third kappa shape index (κ3) is 18.4. The molecule has 4 heteroatoms. The Morgan fingerprint density at radius 2 is 0.613 bits per heavy atom. The quantitative estimate of drug-likeness (QED) is 0.0708. The van der Waals surface area contributed by atoms with Gasteiger partial charge in [-0.25, -0.2) is 0 Å². The zero-order valence-electron chi connectivity index (χ0n) is 78.2. The van der Waals surface area contributed by atoms with Crippen LogP contribution in [0.15, 0.2) is 259 Å². The first-order valence-corrected chi connectivity index (χ1v) is 50.5. The molecule has 124 heavy (non-hydrogen) atoms. The molecular formula is C120H148BBrO2. The zero-order chi connectivity index (χ0) is 86.3. The van der Waals surface area contributed by atoms with Crippen LogP contribution in [0.1, 0.15) is 274 Å². The van der Waals surface area contributed by atoms with E-state index >= 15 is 0 Å². The highest BCUT2D eigenvalue weighted by Crippen LogP contribution is 2.72. The standard InChI is InChI=1S/C57H68.C39H63BO2.C24H17Br/c1-39(2)14-12-15-40(3)53-28-29-54-52-27-26-51-38-47(30-32-56(51,4)55(52)31-33-57(53,54)5)44-24-22-43(23-25-44)45-20-13-21-46(34-45)50-36-48(41-16-8-6-9-17-41)35-49(37-50)42-18-10-7-11-19-42;1-26(2)11-10-12-27(3)33-19-20-34-32-18-15-30-25-29(21-23-38(30,8)35(32)22-24-39(33,34)9)28-13-16-31(17-14-28)40-41-36(4,5)37(6,7)42-40;25-24-13-7-12-20(17-24)23-15-21(18-8-3-1-4-9-18)14-22(16-23)19-10-5-2-6-11-19/h6-11,13,16-25,34-37,39-40,47,51-55H,12,14-15,26-33,38H2,1-5H3;13-14,16-17,26-27,29-30,32-35H,10-12,15,18-25H2,1-9H3;1-17H/t40-,47?,51+,52+,53-,54+,55+,56+,57-;27-,29?,30+,32+,33-,34+,35+,38+,39-;/m11./s1. The maximum Gasteiger partial charge on any atom is 0.494 e. The van der Waals surface area contributed by atoms with E-state index in [2.05, 4.69) is 368 Å². The van der Waals surface area contributed by atoms with E-state index in [9.17, 15) is 0 Å². The molecule has 0 amide bonds. The predicted molar refractivity (Wildman–Crippen MR) is 532 cm³/mol. The molecule has 0 radical (unpaired) electrons. The molecule has 1 heterocycles. The Morgan fingerprint density at radius 1 is 0.298 bits per heavy atom. The molecule has 650 valence electrons. The number of fused-ring (bicyclic) bond motifs is 10. The SMILES string of the molecule is Brc1cccc(-c2cc(-c3ccccc3)cc(-c3ccccc3)c2)c1.CC(C)CCC[C@@H](C)[C@H]1CC[C@H]2[C@@H]3CC[C@H]4CC(c5ccc(-c6cccc(-c7cc(-c8ccccc8)cc(-c8ccccc8)c7)c6)cc5)CC[C@]4(C)[C@H]3CC[C@]12C.CC(C)CCC[C@@H](C)[C@H]1CC[C@H]2[C@@H]3CC[C@H]4CC(c5ccc(B6OC(C)(C)C(C)(C)O6)cc5)CC[C@]4(C)[C@H]3CC[C@]12C. The predicted octanol–water partition coefficient (Wildman–Crippen LogP) is 34.2. The highest BCUT2D eigenvalue weighted by Gasteiger charge is 2.63. The zero-order valence-corrected chi connectivity index (χ0v) is 79.8. The number of rotatable bonds is 20. The van der Waals surface area contributed by atoms with Crippen molar-refractivity contribution in [3.8, 4) is 77.9 Å². The molecule has 2 nitrogen and oxygen atoms in total. The van der Waals surface area contributed by atoms with E-state index in [1.807, 2.05) is 0 Å². The van der Waals surface area contributed by atoms with Crippen LogP contribution in [-0.2, 0) is 9.31 Å². The molecule has 19 rings (SSSR count). The van der Waals surface area contributed by atoms with E-state index < -0.39 is 0 Å². The summed E-state index contributed by atoms with van der Waals surface area (Å²) in [5.74, 6) is 14.5. The molecular weight excluding hydrogens is 1560 g/mol. The lowest BCUT2D eigenvalue weighted by Crippen LogP contribution is -2.53. The average Bonchev–Trinajstić information content (AvgIpc) is 1.38. The van der Waals surface area contributed by atoms with Gasteiger partial charge in [-0.15, -0.1) is 0 Å². The third-order valence-corrected chi connectivity index (χ3v) is 36.5.